The Labute approximate surface area is 146 Å². The molecule has 0 spiro atoms. The number of sulfonamides is 1. The third-order valence-electron chi connectivity index (χ3n) is 3.38. The molecule has 2 aromatic carbocycles. The van der Waals surface area contributed by atoms with Crippen LogP contribution >= 0.6 is 0 Å². The van der Waals surface area contributed by atoms with E-state index < -0.39 is 15.9 Å². The Morgan fingerprint density at radius 3 is 2.20 bits per heavy atom. The summed E-state index contributed by atoms with van der Waals surface area (Å²) >= 11 is 0. The number of carbonyl (C=O) groups is 1. The molecular weight excluding hydrogens is 344 g/mol. The van der Waals surface area contributed by atoms with E-state index in [0.29, 0.717) is 12.2 Å². The van der Waals surface area contributed by atoms with Gasteiger partial charge in [-0.15, -0.1) is 0 Å². The van der Waals surface area contributed by atoms with E-state index in [4.69, 9.17) is 15.2 Å². The van der Waals surface area contributed by atoms with Gasteiger partial charge in [-0.25, -0.2) is 13.1 Å². The molecular formula is C17H20N2O5S. The monoisotopic (exact) mass is 364 g/mol. The molecule has 2 rings (SSSR count). The number of methoxy groups -OCH3 is 1. The Morgan fingerprint density at radius 1 is 1.04 bits per heavy atom. The van der Waals surface area contributed by atoms with Crippen LogP contribution in [0.15, 0.2) is 53.4 Å². The van der Waals surface area contributed by atoms with Crippen molar-refractivity contribution in [3.63, 3.8) is 0 Å². The lowest BCUT2D eigenvalue weighted by molar-refractivity contribution is -0.119. The normalized spacial score (nSPS) is 11.1. The molecule has 0 saturated heterocycles. The van der Waals surface area contributed by atoms with E-state index in [-0.39, 0.29) is 18.0 Å². The van der Waals surface area contributed by atoms with Crippen LogP contribution in [0, 0.1) is 0 Å². The first kappa shape index (κ1) is 18.8. The highest BCUT2D eigenvalue weighted by atomic mass is 32.2. The maximum Gasteiger partial charge on any atom is 0.255 e. The van der Waals surface area contributed by atoms with Crippen molar-refractivity contribution in [2.45, 2.75) is 11.3 Å². The number of amides is 1. The molecule has 7 nitrogen and oxygen atoms in total. The zero-order valence-corrected chi connectivity index (χ0v) is 14.6. The minimum atomic E-state index is -3.61. The smallest absolute Gasteiger partial charge is 0.255 e. The van der Waals surface area contributed by atoms with Crippen LogP contribution in [-0.4, -0.2) is 34.6 Å². The van der Waals surface area contributed by atoms with Crippen LogP contribution in [0.1, 0.15) is 5.56 Å². The lowest BCUT2D eigenvalue weighted by atomic mass is 10.1. The van der Waals surface area contributed by atoms with Crippen molar-refractivity contribution in [2.75, 3.05) is 20.3 Å². The maximum atomic E-state index is 12.3. The van der Waals surface area contributed by atoms with Crippen LogP contribution in [-0.2, 0) is 21.2 Å². The van der Waals surface area contributed by atoms with Gasteiger partial charge in [0.15, 0.2) is 6.61 Å². The van der Waals surface area contributed by atoms with Gasteiger partial charge in [-0.05, 0) is 48.4 Å². The maximum absolute atomic E-state index is 12.3. The van der Waals surface area contributed by atoms with Crippen LogP contribution in [0.5, 0.6) is 11.5 Å². The first-order valence-corrected chi connectivity index (χ1v) is 9.03. The summed E-state index contributed by atoms with van der Waals surface area (Å²) in [6.07, 6.45) is 0.559. The van der Waals surface area contributed by atoms with Gasteiger partial charge in [-0.1, -0.05) is 12.1 Å². The Kier molecular flexibility index (Phi) is 6.37. The fourth-order valence-corrected chi connectivity index (χ4v) is 3.11. The van der Waals surface area contributed by atoms with E-state index in [2.05, 4.69) is 4.72 Å². The molecule has 134 valence electrons. The van der Waals surface area contributed by atoms with Crippen LogP contribution in [0.3, 0.4) is 0 Å². The fourth-order valence-electron chi connectivity index (χ4n) is 2.07. The fraction of sp³-hybridized carbons (Fsp3) is 0.235. The summed E-state index contributed by atoms with van der Waals surface area (Å²) in [7, 11) is -2.02. The number of rotatable bonds is 9. The zero-order chi connectivity index (χ0) is 18.3. The van der Waals surface area contributed by atoms with Gasteiger partial charge in [0.25, 0.3) is 5.91 Å². The number of ether oxygens (including phenoxy) is 2. The molecule has 0 aliphatic carbocycles. The second-order valence-corrected chi connectivity index (χ2v) is 6.99. The summed E-state index contributed by atoms with van der Waals surface area (Å²) < 4.78 is 37.2. The molecule has 0 radical (unpaired) electrons. The quantitative estimate of drug-likeness (QED) is 0.692. The summed E-state index contributed by atoms with van der Waals surface area (Å²) in [6, 6.07) is 13.2. The highest BCUT2D eigenvalue weighted by molar-refractivity contribution is 7.89. The van der Waals surface area contributed by atoms with Gasteiger partial charge in [0, 0.05) is 6.54 Å². The van der Waals surface area contributed by atoms with Crippen LogP contribution < -0.4 is 19.9 Å². The van der Waals surface area contributed by atoms with Crippen LogP contribution in [0.2, 0.25) is 0 Å². The van der Waals surface area contributed by atoms with Gasteiger partial charge in [0.1, 0.15) is 11.5 Å². The Bertz CT molecular complexity index is 802. The molecule has 8 heteroatoms. The second kappa shape index (κ2) is 8.50. The van der Waals surface area contributed by atoms with E-state index in [1.807, 2.05) is 24.3 Å². The molecule has 1 amide bonds. The zero-order valence-electron chi connectivity index (χ0n) is 13.8. The van der Waals surface area contributed by atoms with Crippen molar-refractivity contribution >= 4 is 15.9 Å². The highest BCUT2D eigenvalue weighted by Gasteiger charge is 2.13. The van der Waals surface area contributed by atoms with Crippen LogP contribution in [0.4, 0.5) is 0 Å². The largest absolute Gasteiger partial charge is 0.497 e. The number of nitrogens with one attached hydrogen (secondary N) is 1. The number of benzene rings is 2. The van der Waals surface area contributed by atoms with E-state index in [9.17, 15) is 13.2 Å². The third kappa shape index (κ3) is 5.77. The topological polar surface area (TPSA) is 108 Å². The van der Waals surface area contributed by atoms with E-state index in [0.717, 1.165) is 11.3 Å². The molecule has 0 aliphatic heterocycles. The molecule has 2 aromatic rings. The Morgan fingerprint density at radius 2 is 1.64 bits per heavy atom. The summed E-state index contributed by atoms with van der Waals surface area (Å²) in [5, 5.41) is 0. The Balaban J connectivity index is 1.90. The lowest BCUT2D eigenvalue weighted by Crippen LogP contribution is -2.26. The summed E-state index contributed by atoms with van der Waals surface area (Å²) in [4.78, 5) is 10.8. The first-order valence-electron chi connectivity index (χ1n) is 7.54. The van der Waals surface area contributed by atoms with Gasteiger partial charge >= 0.3 is 0 Å². The summed E-state index contributed by atoms with van der Waals surface area (Å²) in [5.74, 6) is 0.524. The Hall–Kier alpha value is -2.58. The second-order valence-electron chi connectivity index (χ2n) is 5.22. The number of carbonyl (C=O) groups excluding carboxylic acids is 1. The van der Waals surface area contributed by atoms with Crippen molar-refractivity contribution in [1.82, 2.24) is 4.72 Å². The summed E-state index contributed by atoms with van der Waals surface area (Å²) in [5.41, 5.74) is 5.98. The van der Waals surface area contributed by atoms with Crippen molar-refractivity contribution in [3.05, 3.63) is 54.1 Å². The molecule has 0 bridgehead atoms. The minimum absolute atomic E-state index is 0.119. The van der Waals surface area contributed by atoms with E-state index >= 15 is 0 Å². The van der Waals surface area contributed by atoms with Gasteiger partial charge < -0.3 is 15.2 Å². The van der Waals surface area contributed by atoms with Crippen molar-refractivity contribution < 1.29 is 22.7 Å². The highest BCUT2D eigenvalue weighted by Crippen LogP contribution is 2.16. The predicted molar refractivity (Wildman–Crippen MR) is 93.0 cm³/mol. The lowest BCUT2D eigenvalue weighted by Gasteiger charge is -2.09. The number of primary amides is 1. The standard InChI is InChI=1S/C17H20N2O5S/c1-23-14-4-2-13(3-5-14)10-11-19-25(21,22)16-8-6-15(7-9-16)24-12-17(18)20/h2-9,19H,10-12H2,1H3,(H2,18,20). The van der Waals surface area contributed by atoms with E-state index in [1.165, 1.54) is 24.3 Å². The predicted octanol–water partition coefficient (Wildman–Crippen LogP) is 1.08. The molecule has 0 atom stereocenters. The minimum Gasteiger partial charge on any atom is -0.497 e. The van der Waals surface area contributed by atoms with Crippen molar-refractivity contribution in [1.29, 1.82) is 0 Å². The SMILES string of the molecule is COc1ccc(CCNS(=O)(=O)c2ccc(OCC(N)=O)cc2)cc1. The molecule has 0 saturated carbocycles. The molecule has 0 aromatic heterocycles. The first-order chi connectivity index (χ1) is 11.9. The molecule has 25 heavy (non-hydrogen) atoms. The van der Waals surface area contributed by atoms with Crippen molar-refractivity contribution in [2.24, 2.45) is 5.73 Å². The number of hydrogen-bond donors (Lipinski definition) is 2. The van der Waals surface area contributed by atoms with Gasteiger partial charge in [0.2, 0.25) is 10.0 Å². The third-order valence-corrected chi connectivity index (χ3v) is 4.86. The average molecular weight is 364 g/mol. The average Bonchev–Trinajstić information content (AvgIpc) is 2.61. The molecule has 0 heterocycles. The summed E-state index contributed by atoms with van der Waals surface area (Å²) in [6.45, 7) is 0.0147. The molecule has 3 N–H and O–H groups in total. The van der Waals surface area contributed by atoms with Crippen LogP contribution in [0.25, 0.3) is 0 Å². The number of hydrogen-bond acceptors (Lipinski definition) is 5. The van der Waals surface area contributed by atoms with Gasteiger partial charge in [-0.2, -0.15) is 0 Å². The molecule has 0 unspecified atom stereocenters. The van der Waals surface area contributed by atoms with Gasteiger partial charge in [0.05, 0.1) is 12.0 Å². The number of nitrogens with two attached hydrogens (primary N) is 1. The molecule has 0 fully saturated rings. The van der Waals surface area contributed by atoms with Crippen molar-refractivity contribution in [3.8, 4) is 11.5 Å². The molecule has 0 aliphatic rings. The van der Waals surface area contributed by atoms with Gasteiger partial charge in [-0.3, -0.25) is 4.79 Å². The van der Waals surface area contributed by atoms with E-state index in [1.54, 1.807) is 7.11 Å².